The maximum atomic E-state index is 13.9. The number of halogens is 1. The van der Waals surface area contributed by atoms with Crippen LogP contribution in [0.1, 0.15) is 25.5 Å². The van der Waals surface area contributed by atoms with Crippen LogP contribution in [0.3, 0.4) is 0 Å². The number of aromatic nitrogens is 4. The van der Waals surface area contributed by atoms with Gasteiger partial charge in [-0.25, -0.2) is 19.3 Å². The molecule has 2 N–H and O–H groups in total. The van der Waals surface area contributed by atoms with Gasteiger partial charge in [-0.2, -0.15) is 0 Å². The summed E-state index contributed by atoms with van der Waals surface area (Å²) in [6.45, 7) is 6.09. The Hall–Kier alpha value is -2.02. The molecule has 7 heteroatoms. The van der Waals surface area contributed by atoms with E-state index < -0.39 is 5.82 Å². The Bertz CT molecular complexity index is 790. The molecule has 0 fully saturated rings. The number of thiophene rings is 1. The van der Waals surface area contributed by atoms with Crippen molar-refractivity contribution in [2.45, 2.75) is 26.8 Å². The van der Waals surface area contributed by atoms with Gasteiger partial charge in [-0.05, 0) is 26.3 Å². The lowest BCUT2D eigenvalue weighted by molar-refractivity contribution is 0.619. The topological polar surface area (TPSA) is 69.6 Å². The van der Waals surface area contributed by atoms with E-state index in [4.69, 9.17) is 5.73 Å². The molecule has 5 nitrogen and oxygen atoms in total. The quantitative estimate of drug-likeness (QED) is 0.787. The van der Waals surface area contributed by atoms with Crippen molar-refractivity contribution in [3.05, 3.63) is 23.9 Å². The Labute approximate surface area is 119 Å². The number of fused-ring (bicyclic) bond motifs is 1. The number of rotatable bonds is 2. The summed E-state index contributed by atoms with van der Waals surface area (Å²) in [6.07, 6.45) is 2.92. The lowest BCUT2D eigenvalue weighted by Crippen LogP contribution is -1.98. The molecule has 0 aliphatic carbocycles. The lowest BCUT2D eigenvalue weighted by atomic mass is 10.2. The summed E-state index contributed by atoms with van der Waals surface area (Å²) < 4.78 is 16.0. The molecule has 0 aliphatic heterocycles. The number of anilines is 1. The minimum absolute atomic E-state index is 0.0681. The van der Waals surface area contributed by atoms with E-state index in [2.05, 4.69) is 33.4 Å². The summed E-state index contributed by atoms with van der Waals surface area (Å²) >= 11 is 1.48. The Morgan fingerprint density at radius 1 is 1.35 bits per heavy atom. The van der Waals surface area contributed by atoms with E-state index in [0.717, 1.165) is 27.0 Å². The maximum absolute atomic E-state index is 13.9. The van der Waals surface area contributed by atoms with Crippen LogP contribution in [0.15, 0.2) is 12.5 Å². The van der Waals surface area contributed by atoms with Gasteiger partial charge in [-0.15, -0.1) is 11.3 Å². The van der Waals surface area contributed by atoms with Gasteiger partial charge in [-0.1, -0.05) is 0 Å². The van der Waals surface area contributed by atoms with Crippen LogP contribution in [0.2, 0.25) is 0 Å². The number of nitrogens with zero attached hydrogens (tertiary/aromatic N) is 4. The lowest BCUT2D eigenvalue weighted by Gasteiger charge is -2.05. The highest BCUT2D eigenvalue weighted by Gasteiger charge is 2.19. The summed E-state index contributed by atoms with van der Waals surface area (Å²) in [5, 5.41) is 0. The van der Waals surface area contributed by atoms with Gasteiger partial charge in [0.25, 0.3) is 0 Å². The van der Waals surface area contributed by atoms with E-state index >= 15 is 0 Å². The van der Waals surface area contributed by atoms with E-state index in [1.54, 1.807) is 0 Å². The zero-order chi connectivity index (χ0) is 14.4. The molecule has 0 bridgehead atoms. The van der Waals surface area contributed by atoms with Crippen LogP contribution < -0.4 is 5.73 Å². The van der Waals surface area contributed by atoms with Gasteiger partial charge < -0.3 is 10.3 Å². The van der Waals surface area contributed by atoms with Gasteiger partial charge in [0.2, 0.25) is 5.95 Å². The molecule has 0 atom stereocenters. The smallest absolute Gasteiger partial charge is 0.220 e. The fourth-order valence-electron chi connectivity index (χ4n) is 2.12. The number of hydrogen-bond acceptors (Lipinski definition) is 5. The van der Waals surface area contributed by atoms with Gasteiger partial charge >= 0.3 is 0 Å². The van der Waals surface area contributed by atoms with Crippen LogP contribution in [-0.2, 0) is 0 Å². The van der Waals surface area contributed by atoms with Crippen molar-refractivity contribution in [2.24, 2.45) is 0 Å². The van der Waals surface area contributed by atoms with E-state index in [9.17, 15) is 4.39 Å². The van der Waals surface area contributed by atoms with Gasteiger partial charge in [0.05, 0.1) is 17.4 Å². The van der Waals surface area contributed by atoms with Crippen LogP contribution in [0, 0.1) is 12.7 Å². The number of imidazole rings is 1. The van der Waals surface area contributed by atoms with Crippen LogP contribution >= 0.6 is 11.3 Å². The fourth-order valence-corrected chi connectivity index (χ4v) is 3.47. The minimum atomic E-state index is -0.470. The molecule has 0 aromatic carbocycles. The highest BCUT2D eigenvalue weighted by Crippen LogP contribution is 2.38. The number of aryl methyl sites for hydroxylation is 1. The summed E-state index contributed by atoms with van der Waals surface area (Å²) in [5.41, 5.74) is 7.60. The van der Waals surface area contributed by atoms with Crippen molar-refractivity contribution >= 4 is 27.6 Å². The number of nitrogen functional groups attached to an aromatic ring is 1. The van der Waals surface area contributed by atoms with Crippen molar-refractivity contribution in [2.75, 3.05) is 5.73 Å². The first-order valence-electron chi connectivity index (χ1n) is 6.23. The third-order valence-electron chi connectivity index (χ3n) is 3.18. The highest BCUT2D eigenvalue weighted by atomic mass is 32.1. The predicted octanol–water partition coefficient (Wildman–Crippen LogP) is 3.17. The van der Waals surface area contributed by atoms with Gasteiger partial charge in [0.15, 0.2) is 5.82 Å². The summed E-state index contributed by atoms with van der Waals surface area (Å²) in [4.78, 5) is 13.9. The molecular formula is C13H14FN5S. The molecule has 0 saturated heterocycles. The molecular weight excluding hydrogens is 277 g/mol. The molecule has 0 unspecified atom stereocenters. The SMILES string of the molecule is Cc1c(-c2nc(N)ncc2F)sc2c1ncn2C(C)C. The van der Waals surface area contributed by atoms with E-state index in [1.165, 1.54) is 11.3 Å². The Morgan fingerprint density at radius 3 is 2.80 bits per heavy atom. The second-order valence-corrected chi connectivity index (χ2v) is 5.88. The van der Waals surface area contributed by atoms with Crippen LogP contribution in [0.25, 0.3) is 20.9 Å². The van der Waals surface area contributed by atoms with Crippen molar-refractivity contribution in [3.63, 3.8) is 0 Å². The molecule has 3 aromatic rings. The first kappa shape index (κ1) is 13.0. The standard InChI is InChI=1S/C13H14FN5S/c1-6(2)19-5-17-9-7(3)11(20-12(9)19)10-8(14)4-16-13(15)18-10/h4-6H,1-3H3,(H2,15,16,18). The van der Waals surface area contributed by atoms with Gasteiger partial charge in [0.1, 0.15) is 16.0 Å². The normalized spacial score (nSPS) is 11.7. The summed E-state index contributed by atoms with van der Waals surface area (Å²) in [6, 6.07) is 0.297. The number of nitrogens with two attached hydrogens (primary N) is 1. The summed E-state index contributed by atoms with van der Waals surface area (Å²) in [7, 11) is 0. The third kappa shape index (κ3) is 1.85. The van der Waals surface area contributed by atoms with Crippen LogP contribution in [0.4, 0.5) is 10.3 Å². The number of hydrogen-bond donors (Lipinski definition) is 1. The van der Waals surface area contributed by atoms with Gasteiger partial charge in [-0.3, -0.25) is 0 Å². The second kappa shape index (κ2) is 4.52. The zero-order valence-corrected chi connectivity index (χ0v) is 12.2. The first-order valence-corrected chi connectivity index (χ1v) is 7.05. The van der Waals surface area contributed by atoms with Crippen molar-refractivity contribution in [1.29, 1.82) is 0 Å². The Balaban J connectivity index is 2.27. The molecule has 0 saturated carbocycles. The average molecular weight is 291 g/mol. The van der Waals surface area contributed by atoms with E-state index in [-0.39, 0.29) is 11.6 Å². The minimum Gasteiger partial charge on any atom is -0.368 e. The molecule has 0 amide bonds. The Morgan fingerprint density at radius 2 is 2.10 bits per heavy atom. The van der Waals surface area contributed by atoms with Crippen molar-refractivity contribution in [3.8, 4) is 10.6 Å². The highest BCUT2D eigenvalue weighted by molar-refractivity contribution is 7.22. The monoisotopic (exact) mass is 291 g/mol. The van der Waals surface area contributed by atoms with Crippen molar-refractivity contribution in [1.82, 2.24) is 19.5 Å². The van der Waals surface area contributed by atoms with Crippen LogP contribution in [-0.4, -0.2) is 19.5 Å². The predicted molar refractivity (Wildman–Crippen MR) is 78.1 cm³/mol. The molecule has 0 aliphatic rings. The third-order valence-corrected chi connectivity index (χ3v) is 4.48. The van der Waals surface area contributed by atoms with Crippen molar-refractivity contribution < 1.29 is 4.39 Å². The molecule has 20 heavy (non-hydrogen) atoms. The average Bonchev–Trinajstić information content (AvgIpc) is 2.93. The van der Waals surface area contributed by atoms with E-state index in [0.29, 0.717) is 6.04 Å². The first-order chi connectivity index (χ1) is 9.49. The summed E-state index contributed by atoms with van der Waals surface area (Å²) in [5.74, 6) is -0.402. The molecule has 104 valence electrons. The molecule has 3 aromatic heterocycles. The molecule has 0 spiro atoms. The molecule has 0 radical (unpaired) electrons. The fraction of sp³-hybridized carbons (Fsp3) is 0.308. The largest absolute Gasteiger partial charge is 0.368 e. The van der Waals surface area contributed by atoms with Gasteiger partial charge in [0, 0.05) is 6.04 Å². The second-order valence-electron chi connectivity index (χ2n) is 4.88. The maximum Gasteiger partial charge on any atom is 0.220 e. The Kier molecular flexibility index (Phi) is 2.93. The van der Waals surface area contributed by atoms with E-state index in [1.807, 2.05) is 13.3 Å². The zero-order valence-electron chi connectivity index (χ0n) is 11.4. The molecule has 3 heterocycles. The van der Waals surface area contributed by atoms with Crippen LogP contribution in [0.5, 0.6) is 0 Å². The molecule has 3 rings (SSSR count).